The minimum Gasteiger partial charge on any atom is -0.113 e. The summed E-state index contributed by atoms with van der Waals surface area (Å²) < 4.78 is 1.23. The molecule has 4 bridgehead atoms. The lowest BCUT2D eigenvalue weighted by Gasteiger charge is -2.55. The van der Waals surface area contributed by atoms with Crippen LogP contribution in [0.3, 0.4) is 0 Å². The van der Waals surface area contributed by atoms with E-state index in [4.69, 9.17) is 0 Å². The first-order valence-corrected chi connectivity index (χ1v) is 8.29. The number of hydrogen-bond acceptors (Lipinski definition) is 0. The molecule has 0 nitrogen and oxygen atoms in total. The van der Waals surface area contributed by atoms with Crippen molar-refractivity contribution in [3.8, 4) is 0 Å². The van der Waals surface area contributed by atoms with Gasteiger partial charge in [-0.15, -0.1) is 5.73 Å². The smallest absolute Gasteiger partial charge is 0.0418 e. The Labute approximate surface area is 120 Å². The second kappa shape index (κ2) is 4.25. The van der Waals surface area contributed by atoms with Crippen LogP contribution in [0.4, 0.5) is 0 Å². The van der Waals surface area contributed by atoms with E-state index < -0.39 is 0 Å². The Balaban J connectivity index is 1.86. The lowest BCUT2D eigenvalue weighted by atomic mass is 9.50. The number of halogens is 1. The van der Waals surface area contributed by atoms with E-state index in [0.717, 1.165) is 17.8 Å². The zero-order valence-corrected chi connectivity index (χ0v) is 13.5. The largest absolute Gasteiger partial charge is 0.113 e. The first-order valence-electron chi connectivity index (χ1n) is 7.50. The molecule has 0 aliphatic heterocycles. The third kappa shape index (κ3) is 2.37. The second-order valence-corrected chi connectivity index (χ2v) is 8.93. The molecule has 0 N–H and O–H groups in total. The van der Waals surface area contributed by atoms with Gasteiger partial charge in [0.1, 0.15) is 0 Å². The normalized spacial score (nSPS) is 41.7. The third-order valence-corrected chi connectivity index (χ3v) is 6.67. The van der Waals surface area contributed by atoms with Crippen molar-refractivity contribution in [2.75, 3.05) is 0 Å². The lowest BCUT2D eigenvalue weighted by molar-refractivity contribution is -0.0236. The van der Waals surface area contributed by atoms with Gasteiger partial charge in [0, 0.05) is 9.90 Å². The van der Waals surface area contributed by atoms with Crippen LogP contribution in [-0.4, -0.2) is 0 Å². The molecule has 100 valence electrons. The van der Waals surface area contributed by atoms with E-state index >= 15 is 0 Å². The van der Waals surface area contributed by atoms with Crippen LogP contribution < -0.4 is 0 Å². The fraction of sp³-hybridized carbons (Fsp3) is 0.824. The van der Waals surface area contributed by atoms with Crippen LogP contribution >= 0.6 is 15.9 Å². The molecule has 0 amide bonds. The van der Waals surface area contributed by atoms with Gasteiger partial charge in [-0.2, -0.15) is 0 Å². The summed E-state index contributed by atoms with van der Waals surface area (Å²) in [7, 11) is 0. The number of rotatable bonds is 1. The van der Waals surface area contributed by atoms with E-state index in [1.165, 1.54) is 43.0 Å². The molecule has 0 aromatic rings. The van der Waals surface area contributed by atoms with Crippen LogP contribution in [-0.2, 0) is 0 Å². The standard InChI is InChI=1S/C17H25Br/c1-16(2,3)15(18)4-5-17-9-12-6-13(10-17)8-14(7-12)11-17/h5,12-14H,6-11H2,1-3H3. The first-order chi connectivity index (χ1) is 8.36. The van der Waals surface area contributed by atoms with E-state index in [9.17, 15) is 0 Å². The Morgan fingerprint density at radius 2 is 1.50 bits per heavy atom. The molecule has 18 heavy (non-hydrogen) atoms. The molecule has 0 aromatic carbocycles. The maximum absolute atomic E-state index is 3.71. The highest BCUT2D eigenvalue weighted by molar-refractivity contribution is 9.11. The Hall–Kier alpha value is -0.0000000000000000278. The van der Waals surface area contributed by atoms with Crippen molar-refractivity contribution in [3.63, 3.8) is 0 Å². The average Bonchev–Trinajstić information content (AvgIpc) is 2.22. The summed E-state index contributed by atoms with van der Waals surface area (Å²) in [4.78, 5) is 0. The molecule has 0 heterocycles. The van der Waals surface area contributed by atoms with Crippen molar-refractivity contribution >= 4 is 15.9 Å². The Kier molecular flexibility index (Phi) is 3.07. The van der Waals surface area contributed by atoms with Crippen LogP contribution in [0.15, 0.2) is 16.3 Å². The SMILES string of the molecule is CC(C)(C)C(Br)=C=CC12CC3CC(CC(C3)C1)C2. The summed E-state index contributed by atoms with van der Waals surface area (Å²) in [6.45, 7) is 6.74. The zero-order valence-electron chi connectivity index (χ0n) is 11.9. The van der Waals surface area contributed by atoms with Crippen molar-refractivity contribution in [1.29, 1.82) is 0 Å². The molecule has 4 fully saturated rings. The fourth-order valence-corrected chi connectivity index (χ4v) is 4.90. The van der Waals surface area contributed by atoms with Gasteiger partial charge in [-0.25, -0.2) is 0 Å². The summed E-state index contributed by atoms with van der Waals surface area (Å²) >= 11 is 3.71. The maximum atomic E-state index is 3.71. The number of allylic oxidation sites excluding steroid dienone is 1. The van der Waals surface area contributed by atoms with Crippen LogP contribution in [0.5, 0.6) is 0 Å². The van der Waals surface area contributed by atoms with Gasteiger partial charge in [0.2, 0.25) is 0 Å². The van der Waals surface area contributed by atoms with Crippen molar-refractivity contribution in [3.05, 3.63) is 16.3 Å². The van der Waals surface area contributed by atoms with Crippen LogP contribution in [0.25, 0.3) is 0 Å². The van der Waals surface area contributed by atoms with Gasteiger partial charge in [0.05, 0.1) is 0 Å². The van der Waals surface area contributed by atoms with Crippen molar-refractivity contribution in [2.24, 2.45) is 28.6 Å². The molecule has 0 atom stereocenters. The van der Waals surface area contributed by atoms with Crippen LogP contribution in [0.2, 0.25) is 0 Å². The third-order valence-electron chi connectivity index (χ3n) is 5.25. The molecule has 4 saturated carbocycles. The second-order valence-electron chi connectivity index (χ2n) is 8.13. The number of hydrogen-bond donors (Lipinski definition) is 0. The van der Waals surface area contributed by atoms with Gasteiger partial charge in [0.25, 0.3) is 0 Å². The Bertz CT molecular complexity index is 369. The van der Waals surface area contributed by atoms with Crippen molar-refractivity contribution < 1.29 is 0 Å². The molecule has 0 saturated heterocycles. The minimum atomic E-state index is 0.193. The molecular formula is C17H25Br. The molecule has 0 unspecified atom stereocenters. The van der Waals surface area contributed by atoms with Gasteiger partial charge < -0.3 is 0 Å². The van der Waals surface area contributed by atoms with E-state index in [-0.39, 0.29) is 5.41 Å². The van der Waals surface area contributed by atoms with Gasteiger partial charge in [0.15, 0.2) is 0 Å². The summed E-state index contributed by atoms with van der Waals surface area (Å²) in [6.07, 6.45) is 11.3. The molecule has 0 aromatic heterocycles. The van der Waals surface area contributed by atoms with Gasteiger partial charge in [-0.05, 0) is 83.7 Å². The Morgan fingerprint density at radius 1 is 1.06 bits per heavy atom. The van der Waals surface area contributed by atoms with E-state index in [1.54, 1.807) is 0 Å². The summed E-state index contributed by atoms with van der Waals surface area (Å²) in [5, 5.41) is 0. The summed E-state index contributed by atoms with van der Waals surface area (Å²) in [5.41, 5.74) is 4.29. The highest BCUT2D eigenvalue weighted by Gasteiger charge is 2.49. The molecule has 0 spiro atoms. The summed E-state index contributed by atoms with van der Waals surface area (Å²) in [6, 6.07) is 0. The maximum Gasteiger partial charge on any atom is 0.0418 e. The molecule has 4 aliphatic carbocycles. The molecule has 4 rings (SSSR count). The molecular weight excluding hydrogens is 284 g/mol. The van der Waals surface area contributed by atoms with Gasteiger partial charge >= 0.3 is 0 Å². The van der Waals surface area contributed by atoms with Crippen molar-refractivity contribution in [2.45, 2.75) is 59.3 Å². The predicted octanol–water partition coefficient (Wildman–Crippen LogP) is 5.68. The van der Waals surface area contributed by atoms with Gasteiger partial charge in [-0.3, -0.25) is 0 Å². The highest BCUT2D eigenvalue weighted by atomic mass is 79.9. The van der Waals surface area contributed by atoms with Gasteiger partial charge in [-0.1, -0.05) is 20.8 Å². The Morgan fingerprint density at radius 3 is 1.89 bits per heavy atom. The van der Waals surface area contributed by atoms with Crippen LogP contribution in [0.1, 0.15) is 59.3 Å². The minimum absolute atomic E-state index is 0.193. The lowest BCUT2D eigenvalue weighted by Crippen LogP contribution is -2.44. The van der Waals surface area contributed by atoms with Crippen LogP contribution in [0, 0.1) is 28.6 Å². The fourth-order valence-electron chi connectivity index (χ4n) is 4.79. The average molecular weight is 309 g/mol. The molecule has 4 aliphatic rings. The molecule has 0 radical (unpaired) electrons. The highest BCUT2D eigenvalue weighted by Crippen LogP contribution is 2.60. The first kappa shape index (κ1) is 13.0. The predicted molar refractivity (Wildman–Crippen MR) is 80.6 cm³/mol. The molecule has 1 heteroatoms. The summed E-state index contributed by atoms with van der Waals surface area (Å²) in [5.74, 6) is 3.09. The van der Waals surface area contributed by atoms with Crippen molar-refractivity contribution in [1.82, 2.24) is 0 Å². The van der Waals surface area contributed by atoms with E-state index in [0.29, 0.717) is 5.41 Å². The van der Waals surface area contributed by atoms with E-state index in [1.807, 2.05) is 0 Å². The monoisotopic (exact) mass is 308 g/mol. The van der Waals surface area contributed by atoms with E-state index in [2.05, 4.69) is 48.5 Å². The topological polar surface area (TPSA) is 0 Å². The zero-order chi connectivity index (χ0) is 13.0. The quantitative estimate of drug-likeness (QED) is 0.546.